The molecule has 144 valence electrons. The van der Waals surface area contributed by atoms with E-state index in [9.17, 15) is 20.0 Å². The Morgan fingerprint density at radius 3 is 2.79 bits per heavy atom. The summed E-state index contributed by atoms with van der Waals surface area (Å²) in [6.45, 7) is 0. The molecular formula is C20H14N4O5. The van der Waals surface area contributed by atoms with Gasteiger partial charge in [-0.25, -0.2) is 9.50 Å². The first-order valence-electron chi connectivity index (χ1n) is 8.48. The van der Waals surface area contributed by atoms with Gasteiger partial charge in [-0.15, -0.1) is 0 Å². The molecule has 2 heterocycles. The Kier molecular flexibility index (Phi) is 4.40. The first-order valence-corrected chi connectivity index (χ1v) is 8.48. The number of methoxy groups -OCH3 is 1. The Bertz CT molecular complexity index is 1260. The molecule has 4 rings (SSSR count). The lowest BCUT2D eigenvalue weighted by Crippen LogP contribution is -2.05. The highest BCUT2D eigenvalue weighted by molar-refractivity contribution is 6.10. The van der Waals surface area contributed by atoms with Crippen LogP contribution in [-0.4, -0.2) is 37.5 Å². The zero-order valence-electron chi connectivity index (χ0n) is 15.1. The van der Waals surface area contributed by atoms with Crippen molar-refractivity contribution in [1.29, 1.82) is 0 Å². The van der Waals surface area contributed by atoms with Gasteiger partial charge in [-0.05, 0) is 18.2 Å². The van der Waals surface area contributed by atoms with Crippen LogP contribution in [0.25, 0.3) is 16.9 Å². The van der Waals surface area contributed by atoms with Crippen LogP contribution in [0.15, 0.2) is 60.9 Å². The van der Waals surface area contributed by atoms with E-state index in [0.717, 1.165) is 23.8 Å². The highest BCUT2D eigenvalue weighted by atomic mass is 16.6. The third-order valence-corrected chi connectivity index (χ3v) is 4.38. The molecule has 9 nitrogen and oxygen atoms in total. The predicted octanol–water partition coefficient (Wildman–Crippen LogP) is 3.25. The topological polar surface area (TPSA) is 120 Å². The molecular weight excluding hydrogens is 376 g/mol. The van der Waals surface area contributed by atoms with Crippen molar-refractivity contribution in [2.45, 2.75) is 0 Å². The van der Waals surface area contributed by atoms with Crippen LogP contribution in [0, 0.1) is 10.1 Å². The molecule has 0 saturated carbocycles. The van der Waals surface area contributed by atoms with Gasteiger partial charge in [0.1, 0.15) is 11.5 Å². The summed E-state index contributed by atoms with van der Waals surface area (Å²) >= 11 is 0. The fraction of sp³-hybridized carbons (Fsp3) is 0.0500. The molecule has 0 fully saturated rings. The number of nitro groups is 1. The van der Waals surface area contributed by atoms with Crippen molar-refractivity contribution < 1.29 is 19.6 Å². The van der Waals surface area contributed by atoms with Crippen LogP contribution in [0.1, 0.15) is 15.9 Å². The number of fused-ring (bicyclic) bond motifs is 1. The van der Waals surface area contributed by atoms with Gasteiger partial charge in [-0.1, -0.05) is 12.1 Å². The summed E-state index contributed by atoms with van der Waals surface area (Å²) in [5.74, 6) is -0.262. The summed E-state index contributed by atoms with van der Waals surface area (Å²) < 4.78 is 6.66. The number of phenolic OH excluding ortho intramolecular Hbond substituents is 1. The number of hydrogen-bond donors (Lipinski definition) is 1. The molecule has 0 unspecified atom stereocenters. The third kappa shape index (κ3) is 3.36. The van der Waals surface area contributed by atoms with Crippen molar-refractivity contribution in [3.05, 3.63) is 82.2 Å². The first-order chi connectivity index (χ1) is 14.0. The molecule has 9 heteroatoms. The summed E-state index contributed by atoms with van der Waals surface area (Å²) in [7, 11) is 1.57. The van der Waals surface area contributed by atoms with E-state index in [1.807, 2.05) is 24.3 Å². The molecule has 0 radical (unpaired) electrons. The predicted molar refractivity (Wildman–Crippen MR) is 103 cm³/mol. The molecule has 0 aliphatic heterocycles. The fourth-order valence-corrected chi connectivity index (χ4v) is 2.89. The van der Waals surface area contributed by atoms with Gasteiger partial charge in [0, 0.05) is 36.2 Å². The van der Waals surface area contributed by atoms with Crippen LogP contribution in [0.2, 0.25) is 0 Å². The Labute approximate surface area is 164 Å². The van der Waals surface area contributed by atoms with Gasteiger partial charge >= 0.3 is 0 Å². The lowest BCUT2D eigenvalue weighted by Gasteiger charge is -2.04. The molecule has 0 amide bonds. The summed E-state index contributed by atoms with van der Waals surface area (Å²) in [4.78, 5) is 27.3. The first kappa shape index (κ1) is 18.1. The Morgan fingerprint density at radius 2 is 2.03 bits per heavy atom. The van der Waals surface area contributed by atoms with Crippen LogP contribution in [0.3, 0.4) is 0 Å². The maximum Gasteiger partial charge on any atom is 0.270 e. The Hall–Kier alpha value is -4.27. The van der Waals surface area contributed by atoms with Gasteiger partial charge in [-0.2, -0.15) is 5.10 Å². The number of nitrogens with zero attached hydrogens (tertiary/aromatic N) is 4. The van der Waals surface area contributed by atoms with E-state index in [4.69, 9.17) is 4.74 Å². The number of phenols is 1. The number of carbonyl (C=O) groups is 1. The van der Waals surface area contributed by atoms with Gasteiger partial charge in [0.2, 0.25) is 0 Å². The minimum absolute atomic E-state index is 0.133. The van der Waals surface area contributed by atoms with Gasteiger partial charge in [0.25, 0.3) is 5.69 Å². The smallest absolute Gasteiger partial charge is 0.270 e. The van der Waals surface area contributed by atoms with E-state index < -0.39 is 10.7 Å². The van der Waals surface area contributed by atoms with Crippen molar-refractivity contribution in [3.8, 4) is 22.8 Å². The second-order valence-corrected chi connectivity index (χ2v) is 6.19. The summed E-state index contributed by atoms with van der Waals surface area (Å²) in [6, 6.07) is 12.4. The van der Waals surface area contributed by atoms with Crippen molar-refractivity contribution in [1.82, 2.24) is 14.6 Å². The largest absolute Gasteiger partial charge is 0.507 e. The van der Waals surface area contributed by atoms with Crippen molar-refractivity contribution in [2.75, 3.05) is 7.11 Å². The molecule has 1 N–H and O–H groups in total. The van der Waals surface area contributed by atoms with E-state index in [0.29, 0.717) is 17.1 Å². The molecule has 0 aliphatic rings. The standard InChI is InChI=1S/C20H14N4O5/c1-29-15-4-2-3-12(7-15)17-9-19-21-10-13(11-23(19)22-17)20(26)16-8-14(24(27)28)5-6-18(16)25/h2-11,25H,1H3. The van der Waals surface area contributed by atoms with E-state index in [1.165, 1.54) is 16.9 Å². The second kappa shape index (κ2) is 7.04. The zero-order valence-corrected chi connectivity index (χ0v) is 15.1. The van der Waals surface area contributed by atoms with Crippen LogP contribution < -0.4 is 4.74 Å². The van der Waals surface area contributed by atoms with E-state index >= 15 is 0 Å². The van der Waals surface area contributed by atoms with Crippen molar-refractivity contribution >= 4 is 17.1 Å². The maximum absolute atomic E-state index is 12.8. The lowest BCUT2D eigenvalue weighted by atomic mass is 10.0. The number of carbonyl (C=O) groups excluding carboxylic acids is 1. The molecule has 2 aromatic carbocycles. The monoisotopic (exact) mass is 390 g/mol. The molecule has 4 aromatic rings. The van der Waals surface area contributed by atoms with Crippen LogP contribution in [0.5, 0.6) is 11.5 Å². The van der Waals surface area contributed by atoms with Crippen LogP contribution in [0.4, 0.5) is 5.69 Å². The van der Waals surface area contributed by atoms with E-state index in [2.05, 4.69) is 10.1 Å². The number of rotatable bonds is 5. The second-order valence-electron chi connectivity index (χ2n) is 6.19. The molecule has 0 aliphatic carbocycles. The number of aromatic nitrogens is 3. The van der Waals surface area contributed by atoms with E-state index in [-0.39, 0.29) is 22.6 Å². The Balaban J connectivity index is 1.73. The van der Waals surface area contributed by atoms with E-state index in [1.54, 1.807) is 13.2 Å². The number of hydrogen-bond acceptors (Lipinski definition) is 7. The minimum Gasteiger partial charge on any atom is -0.507 e. The van der Waals surface area contributed by atoms with Crippen molar-refractivity contribution in [3.63, 3.8) is 0 Å². The molecule has 2 aromatic heterocycles. The summed E-state index contributed by atoms with van der Waals surface area (Å²) in [6.07, 6.45) is 2.81. The fourth-order valence-electron chi connectivity index (χ4n) is 2.89. The quantitative estimate of drug-likeness (QED) is 0.315. The number of aromatic hydroxyl groups is 1. The number of nitro benzene ring substituents is 1. The normalized spacial score (nSPS) is 10.8. The number of non-ortho nitro benzene ring substituents is 1. The molecule has 0 bridgehead atoms. The number of ketones is 1. The highest BCUT2D eigenvalue weighted by Crippen LogP contribution is 2.26. The van der Waals surface area contributed by atoms with Gasteiger partial charge < -0.3 is 9.84 Å². The minimum atomic E-state index is -0.633. The molecule has 29 heavy (non-hydrogen) atoms. The summed E-state index contributed by atoms with van der Waals surface area (Å²) in [5, 5.41) is 25.4. The number of ether oxygens (including phenoxy) is 1. The third-order valence-electron chi connectivity index (χ3n) is 4.38. The molecule has 0 spiro atoms. The van der Waals surface area contributed by atoms with Crippen LogP contribution >= 0.6 is 0 Å². The van der Waals surface area contributed by atoms with Crippen molar-refractivity contribution in [2.24, 2.45) is 0 Å². The maximum atomic E-state index is 12.8. The van der Waals surface area contributed by atoms with Gasteiger partial charge in [0.05, 0.1) is 28.9 Å². The SMILES string of the molecule is COc1cccc(-c2cc3ncc(C(=O)c4cc([N+](=O)[O-])ccc4O)cn3n2)c1. The molecule has 0 saturated heterocycles. The lowest BCUT2D eigenvalue weighted by molar-refractivity contribution is -0.384. The van der Waals surface area contributed by atoms with Gasteiger partial charge in [-0.3, -0.25) is 14.9 Å². The van der Waals surface area contributed by atoms with Crippen LogP contribution in [-0.2, 0) is 0 Å². The Morgan fingerprint density at radius 1 is 1.21 bits per heavy atom. The number of benzene rings is 2. The molecule has 0 atom stereocenters. The highest BCUT2D eigenvalue weighted by Gasteiger charge is 2.19. The summed E-state index contributed by atoms with van der Waals surface area (Å²) in [5.41, 5.74) is 1.63. The van der Waals surface area contributed by atoms with Gasteiger partial charge in [0.15, 0.2) is 11.4 Å². The zero-order chi connectivity index (χ0) is 20.5. The average Bonchev–Trinajstić information content (AvgIpc) is 3.17. The average molecular weight is 390 g/mol.